The molecule has 2 aliphatic heterocycles. The summed E-state index contributed by atoms with van der Waals surface area (Å²) in [6.45, 7) is 5.37. The number of H-pyrrole nitrogens is 1. The summed E-state index contributed by atoms with van der Waals surface area (Å²) in [6, 6.07) is 6.31. The number of aromatic amines is 1. The number of nitrogens with one attached hydrogen (secondary N) is 1. The highest BCUT2D eigenvalue weighted by Gasteiger charge is 2.34. The molecule has 8 nitrogen and oxygen atoms in total. The molecule has 3 aromatic heterocycles. The first-order chi connectivity index (χ1) is 13.7. The van der Waals surface area contributed by atoms with Crippen LogP contribution in [0.3, 0.4) is 0 Å². The third-order valence-electron chi connectivity index (χ3n) is 5.98. The van der Waals surface area contributed by atoms with E-state index in [1.807, 2.05) is 23.0 Å². The van der Waals surface area contributed by atoms with Gasteiger partial charge in [-0.05, 0) is 31.9 Å². The zero-order valence-corrected chi connectivity index (χ0v) is 15.9. The Bertz CT molecular complexity index is 1020. The van der Waals surface area contributed by atoms with E-state index in [1.165, 1.54) is 0 Å². The molecule has 3 aromatic rings. The monoisotopic (exact) mass is 380 g/mol. The first kappa shape index (κ1) is 17.5. The molecule has 2 aliphatic rings. The maximum absolute atomic E-state index is 12.6. The summed E-state index contributed by atoms with van der Waals surface area (Å²) in [7, 11) is 0. The van der Waals surface area contributed by atoms with Gasteiger partial charge in [0.05, 0.1) is 18.3 Å². The Hall–Kier alpha value is -2.58. The third-order valence-corrected chi connectivity index (χ3v) is 5.98. The third kappa shape index (κ3) is 3.02. The minimum Gasteiger partial charge on any atom is -0.381 e. The Morgan fingerprint density at radius 1 is 1.25 bits per heavy atom. The van der Waals surface area contributed by atoms with Crippen LogP contribution in [0.15, 0.2) is 35.4 Å². The van der Waals surface area contributed by atoms with E-state index in [4.69, 9.17) is 9.72 Å². The number of pyridine rings is 1. The van der Waals surface area contributed by atoms with Crippen LogP contribution in [0, 0.1) is 0 Å². The summed E-state index contributed by atoms with van der Waals surface area (Å²) >= 11 is 0. The van der Waals surface area contributed by atoms with Crippen LogP contribution in [0.5, 0.6) is 0 Å². The van der Waals surface area contributed by atoms with Crippen molar-refractivity contribution in [3.05, 3.63) is 52.5 Å². The van der Waals surface area contributed by atoms with Crippen molar-refractivity contribution >= 4 is 11.0 Å². The van der Waals surface area contributed by atoms with Gasteiger partial charge in [0.25, 0.3) is 5.56 Å². The molecule has 8 heteroatoms. The van der Waals surface area contributed by atoms with Gasteiger partial charge in [0, 0.05) is 44.1 Å². The molecule has 2 saturated heterocycles. The molecule has 0 saturated carbocycles. The number of hydrogen-bond acceptors (Lipinski definition) is 6. The van der Waals surface area contributed by atoms with E-state index >= 15 is 0 Å². The molecule has 0 aliphatic carbocycles. The molecule has 28 heavy (non-hydrogen) atoms. The number of aromatic nitrogens is 5. The fraction of sp³-hybridized carbons (Fsp3) is 0.500. The lowest BCUT2D eigenvalue weighted by Gasteiger charge is -2.42. The van der Waals surface area contributed by atoms with Crippen LogP contribution < -0.4 is 5.56 Å². The van der Waals surface area contributed by atoms with E-state index in [-0.39, 0.29) is 17.6 Å². The number of nitrogens with zero attached hydrogens (tertiary/aromatic N) is 5. The predicted molar refractivity (Wildman–Crippen MR) is 104 cm³/mol. The SMILES string of the molecule is C[C@H](c1nc2c(cnn2C2CCOCC2)c(=O)[nH]1)N1CC(c2ccccn2)C1. The van der Waals surface area contributed by atoms with E-state index in [0.29, 0.717) is 22.8 Å². The average Bonchev–Trinajstić information content (AvgIpc) is 3.13. The van der Waals surface area contributed by atoms with Crippen molar-refractivity contribution in [3.8, 4) is 0 Å². The summed E-state index contributed by atoms with van der Waals surface area (Å²) in [6.07, 6.45) is 5.26. The summed E-state index contributed by atoms with van der Waals surface area (Å²) in [5, 5.41) is 5.02. The van der Waals surface area contributed by atoms with E-state index in [1.54, 1.807) is 6.20 Å². The van der Waals surface area contributed by atoms with Gasteiger partial charge in [-0.1, -0.05) is 6.07 Å². The number of hydrogen-bond donors (Lipinski definition) is 1. The molecular formula is C20H24N6O2. The smallest absolute Gasteiger partial charge is 0.262 e. The lowest BCUT2D eigenvalue weighted by molar-refractivity contribution is 0.0672. The Balaban J connectivity index is 1.39. The minimum absolute atomic E-state index is 0.0371. The average molecular weight is 380 g/mol. The number of fused-ring (bicyclic) bond motifs is 1. The van der Waals surface area contributed by atoms with E-state index in [9.17, 15) is 4.79 Å². The zero-order valence-electron chi connectivity index (χ0n) is 15.9. The second kappa shape index (κ2) is 7.10. The van der Waals surface area contributed by atoms with Gasteiger partial charge in [-0.3, -0.25) is 14.7 Å². The molecule has 146 valence electrons. The topological polar surface area (TPSA) is 88.9 Å². The molecule has 1 N–H and O–H groups in total. The van der Waals surface area contributed by atoms with E-state index < -0.39 is 0 Å². The maximum atomic E-state index is 12.6. The minimum atomic E-state index is -0.119. The highest BCUT2D eigenvalue weighted by atomic mass is 16.5. The molecule has 0 unspecified atom stereocenters. The fourth-order valence-electron chi connectivity index (χ4n) is 4.15. The molecule has 1 atom stereocenters. The van der Waals surface area contributed by atoms with Gasteiger partial charge in [0.2, 0.25) is 0 Å². The first-order valence-corrected chi connectivity index (χ1v) is 9.91. The number of likely N-dealkylation sites (tertiary alicyclic amines) is 1. The van der Waals surface area contributed by atoms with E-state index in [2.05, 4.69) is 33.0 Å². The molecule has 0 bridgehead atoms. The van der Waals surface area contributed by atoms with Gasteiger partial charge in [-0.2, -0.15) is 5.10 Å². The van der Waals surface area contributed by atoms with Crippen LogP contribution in [0.25, 0.3) is 11.0 Å². The quantitative estimate of drug-likeness (QED) is 0.745. The normalized spacial score (nSPS) is 20.3. The maximum Gasteiger partial charge on any atom is 0.262 e. The first-order valence-electron chi connectivity index (χ1n) is 9.91. The van der Waals surface area contributed by atoms with Gasteiger partial charge >= 0.3 is 0 Å². The van der Waals surface area contributed by atoms with Gasteiger partial charge in [0.1, 0.15) is 11.2 Å². The van der Waals surface area contributed by atoms with Gasteiger partial charge in [-0.25, -0.2) is 9.67 Å². The van der Waals surface area contributed by atoms with Gasteiger partial charge in [0.15, 0.2) is 5.65 Å². The van der Waals surface area contributed by atoms with Crippen molar-refractivity contribution in [3.63, 3.8) is 0 Å². The van der Waals surface area contributed by atoms with Crippen molar-refractivity contribution in [1.29, 1.82) is 0 Å². The Labute approximate surface area is 162 Å². The molecule has 2 fully saturated rings. The van der Waals surface area contributed by atoms with Crippen LogP contribution in [0.4, 0.5) is 0 Å². The molecule has 0 amide bonds. The summed E-state index contributed by atoms with van der Waals surface area (Å²) in [5.74, 6) is 1.14. The number of rotatable bonds is 4. The van der Waals surface area contributed by atoms with Crippen molar-refractivity contribution in [1.82, 2.24) is 29.6 Å². The Morgan fingerprint density at radius 3 is 2.82 bits per heavy atom. The predicted octanol–water partition coefficient (Wildman–Crippen LogP) is 2.03. The second-order valence-corrected chi connectivity index (χ2v) is 7.70. The highest BCUT2D eigenvalue weighted by molar-refractivity contribution is 5.73. The highest BCUT2D eigenvalue weighted by Crippen LogP contribution is 2.32. The molecular weight excluding hydrogens is 356 g/mol. The van der Waals surface area contributed by atoms with Crippen molar-refractivity contribution in [2.24, 2.45) is 0 Å². The molecule has 0 radical (unpaired) electrons. The zero-order chi connectivity index (χ0) is 19.1. The summed E-state index contributed by atoms with van der Waals surface area (Å²) in [4.78, 5) is 27.2. The molecule has 5 rings (SSSR count). The summed E-state index contributed by atoms with van der Waals surface area (Å²) < 4.78 is 7.37. The molecule has 5 heterocycles. The van der Waals surface area contributed by atoms with Crippen LogP contribution in [0.2, 0.25) is 0 Å². The molecule has 0 aromatic carbocycles. The van der Waals surface area contributed by atoms with E-state index in [0.717, 1.165) is 44.8 Å². The van der Waals surface area contributed by atoms with Crippen molar-refractivity contribution in [2.75, 3.05) is 26.3 Å². The second-order valence-electron chi connectivity index (χ2n) is 7.70. The lowest BCUT2D eigenvalue weighted by atomic mass is 9.94. The molecule has 0 spiro atoms. The van der Waals surface area contributed by atoms with Crippen molar-refractivity contribution in [2.45, 2.75) is 37.8 Å². The van der Waals surface area contributed by atoms with Gasteiger partial charge < -0.3 is 9.72 Å². The lowest BCUT2D eigenvalue weighted by Crippen LogP contribution is -2.47. The van der Waals surface area contributed by atoms with Crippen LogP contribution in [-0.2, 0) is 4.74 Å². The Kier molecular flexibility index (Phi) is 4.44. The Morgan fingerprint density at radius 2 is 2.07 bits per heavy atom. The fourth-order valence-corrected chi connectivity index (χ4v) is 4.15. The standard InChI is InChI=1S/C20H24N6O2/c1-13(25-11-14(12-25)17-4-2-3-7-21-17)18-23-19-16(20(27)24-18)10-22-26(19)15-5-8-28-9-6-15/h2-4,7,10,13-15H,5-6,8-9,11-12H2,1H3,(H,23,24,27)/t13-/m1/s1. The number of ether oxygens (including phenoxy) is 1. The van der Waals surface area contributed by atoms with Gasteiger partial charge in [-0.15, -0.1) is 0 Å². The van der Waals surface area contributed by atoms with Crippen molar-refractivity contribution < 1.29 is 4.74 Å². The van der Waals surface area contributed by atoms with Crippen LogP contribution >= 0.6 is 0 Å². The van der Waals surface area contributed by atoms with Crippen LogP contribution in [-0.4, -0.2) is 55.9 Å². The largest absolute Gasteiger partial charge is 0.381 e. The summed E-state index contributed by atoms with van der Waals surface area (Å²) in [5.41, 5.74) is 1.69. The van der Waals surface area contributed by atoms with Crippen LogP contribution in [0.1, 0.15) is 49.3 Å².